The largest absolute Gasteiger partial charge is 0.505 e. The van der Waals surface area contributed by atoms with Crippen LogP contribution in [0.1, 0.15) is 60.2 Å². The number of carbonyl (C=O) groups excluding carboxylic acids is 2. The van der Waals surface area contributed by atoms with E-state index in [4.69, 9.17) is 18.9 Å². The third-order valence-electron chi connectivity index (χ3n) is 9.94. The van der Waals surface area contributed by atoms with Crippen molar-refractivity contribution < 1.29 is 33.0 Å². The molecule has 4 fully saturated rings. The van der Waals surface area contributed by atoms with Gasteiger partial charge in [-0.1, -0.05) is 13.0 Å². The summed E-state index contributed by atoms with van der Waals surface area (Å²) >= 11 is 0. The Balaban J connectivity index is 1.11. The van der Waals surface area contributed by atoms with E-state index in [0.717, 1.165) is 5.57 Å². The van der Waals surface area contributed by atoms with Gasteiger partial charge in [0.05, 0.1) is 26.0 Å². The van der Waals surface area contributed by atoms with E-state index in [9.17, 15) is 23.9 Å². The predicted octanol–water partition coefficient (Wildman–Crippen LogP) is 2.11. The minimum absolute atomic E-state index is 0.0132. The van der Waals surface area contributed by atoms with Gasteiger partial charge >= 0.3 is 0 Å². The molecule has 3 aromatic heterocycles. The Bertz CT molecular complexity index is 1850. The fourth-order valence-electron chi connectivity index (χ4n) is 7.72. The Hall–Kier alpha value is -4.46. The summed E-state index contributed by atoms with van der Waals surface area (Å²) in [7, 11) is 0. The summed E-state index contributed by atoms with van der Waals surface area (Å²) in [5, 5.41) is 13.8. The van der Waals surface area contributed by atoms with Gasteiger partial charge in [0, 0.05) is 80.7 Å². The van der Waals surface area contributed by atoms with E-state index < -0.39 is 11.2 Å². The fraction of sp³-hybridized carbons (Fsp3) is 0.531. The first kappa shape index (κ1) is 29.0. The minimum atomic E-state index is -1.15. The molecule has 46 heavy (non-hydrogen) atoms. The maximum Gasteiger partial charge on any atom is 0.276 e. The summed E-state index contributed by atoms with van der Waals surface area (Å²) in [5.41, 5.74) is 0.831. The van der Waals surface area contributed by atoms with Gasteiger partial charge < -0.3 is 38.7 Å². The van der Waals surface area contributed by atoms with Crippen LogP contribution in [0.2, 0.25) is 0 Å². The number of fused-ring (bicyclic) bond motifs is 2. The number of piperazine rings is 1. The number of carbonyl (C=O) groups is 2. The molecule has 6 heterocycles. The Morgan fingerprint density at radius 2 is 1.91 bits per heavy atom. The van der Waals surface area contributed by atoms with Gasteiger partial charge in [-0.2, -0.15) is 4.98 Å². The van der Waals surface area contributed by atoms with E-state index in [2.05, 4.69) is 10.3 Å². The van der Waals surface area contributed by atoms with Crippen LogP contribution in [-0.4, -0.2) is 93.6 Å². The first-order chi connectivity index (χ1) is 22.2. The van der Waals surface area contributed by atoms with E-state index in [1.807, 2.05) is 17.9 Å². The quantitative estimate of drug-likeness (QED) is 0.395. The Labute approximate surface area is 263 Å². The second kappa shape index (κ2) is 10.5. The number of ether oxygens (including phenoxy) is 2. The lowest BCUT2D eigenvalue weighted by Crippen LogP contribution is -2.77. The molecule has 0 aromatic carbocycles. The van der Waals surface area contributed by atoms with Crippen LogP contribution in [-0.2, 0) is 28.9 Å². The van der Waals surface area contributed by atoms with E-state index in [1.165, 1.54) is 6.20 Å². The van der Waals surface area contributed by atoms with Gasteiger partial charge in [0.15, 0.2) is 17.1 Å². The number of rotatable bonds is 7. The highest BCUT2D eigenvalue weighted by Gasteiger charge is 2.69. The molecule has 9 rings (SSSR count). The molecule has 1 saturated heterocycles. The third kappa shape index (κ3) is 4.56. The number of anilines is 1. The summed E-state index contributed by atoms with van der Waals surface area (Å²) in [6.45, 7) is 4.43. The molecular formula is C32H35FN6O7. The molecule has 2 bridgehead atoms. The topological polar surface area (TPSA) is 152 Å². The highest BCUT2D eigenvalue weighted by molar-refractivity contribution is 5.96. The Morgan fingerprint density at radius 1 is 1.13 bits per heavy atom. The molecule has 0 unspecified atom stereocenters. The zero-order chi connectivity index (χ0) is 31.8. The van der Waals surface area contributed by atoms with Gasteiger partial charge in [-0.05, 0) is 6.42 Å². The van der Waals surface area contributed by atoms with Gasteiger partial charge in [-0.25, -0.2) is 9.37 Å². The van der Waals surface area contributed by atoms with Crippen molar-refractivity contribution in [2.24, 2.45) is 0 Å². The molecule has 0 radical (unpaired) electrons. The zero-order valence-corrected chi connectivity index (χ0v) is 25.6. The summed E-state index contributed by atoms with van der Waals surface area (Å²) in [6.07, 6.45) is 5.86. The number of aromatic hydroxyl groups is 1. The van der Waals surface area contributed by atoms with Crippen LogP contribution in [0.15, 0.2) is 21.5 Å². The van der Waals surface area contributed by atoms with E-state index in [1.54, 1.807) is 9.47 Å². The van der Waals surface area contributed by atoms with Crippen LogP contribution < -0.4 is 20.4 Å². The van der Waals surface area contributed by atoms with Crippen LogP contribution in [0, 0.1) is 0 Å². The number of nitrogens with one attached hydrogen (secondary N) is 1. The van der Waals surface area contributed by atoms with Crippen LogP contribution in [0.5, 0.6) is 11.5 Å². The second-order valence-electron chi connectivity index (χ2n) is 13.0. The number of hydrogen-bond acceptors (Lipinski definition) is 10. The second-order valence-corrected chi connectivity index (χ2v) is 13.0. The third-order valence-corrected chi connectivity index (χ3v) is 9.94. The Kier molecular flexibility index (Phi) is 6.64. The van der Waals surface area contributed by atoms with Crippen molar-refractivity contribution in [3.63, 3.8) is 0 Å². The van der Waals surface area contributed by atoms with Crippen molar-refractivity contribution in [3.8, 4) is 11.5 Å². The summed E-state index contributed by atoms with van der Waals surface area (Å²) in [5.74, 6) is 0.00391. The predicted molar refractivity (Wildman–Crippen MR) is 163 cm³/mol. The molecule has 0 atom stereocenters. The number of pyridine rings is 2. The molecule has 2 amide bonds. The van der Waals surface area contributed by atoms with Crippen LogP contribution in [0.25, 0.3) is 16.8 Å². The summed E-state index contributed by atoms with van der Waals surface area (Å²) in [6, 6.07) is 0. The smallest absolute Gasteiger partial charge is 0.276 e. The average Bonchev–Trinajstić information content (AvgIpc) is 3.70. The lowest BCUT2D eigenvalue weighted by Gasteiger charge is -2.65. The normalized spacial score (nSPS) is 25.0. The number of hydrogen-bond donors (Lipinski definition) is 2. The van der Waals surface area contributed by atoms with Crippen molar-refractivity contribution >= 4 is 34.3 Å². The molecule has 13 nitrogen and oxygen atoms in total. The standard InChI is InChI=1S/C32H35FN6O7/c1-2-20-24(37-6-8-38(9-7-37)30(43)23-25(41)19-5-12-45-21(19)13-34-23)26(42)27-28(35-29(46-27)18-3-10-44-11-4-18)39(20)14-22(40)36-32-15-31(33,16-32)17-32/h3,13,41H,2,4-12,14-17H2,1H3,(H,36,40). The van der Waals surface area contributed by atoms with E-state index in [-0.39, 0.29) is 53.9 Å². The van der Waals surface area contributed by atoms with Crippen molar-refractivity contribution in [2.45, 2.75) is 63.2 Å². The molecule has 3 aromatic rings. The fourth-order valence-corrected chi connectivity index (χ4v) is 7.72. The first-order valence-corrected chi connectivity index (χ1v) is 15.9. The molecule has 2 N–H and O–H groups in total. The van der Waals surface area contributed by atoms with Gasteiger partial charge in [0.25, 0.3) is 5.91 Å². The molecule has 3 aliphatic carbocycles. The maximum absolute atomic E-state index is 14.2. The van der Waals surface area contributed by atoms with Gasteiger partial charge in [0.2, 0.25) is 22.8 Å². The number of nitrogens with zero attached hydrogens (tertiary/aromatic N) is 5. The average molecular weight is 635 g/mol. The van der Waals surface area contributed by atoms with E-state index in [0.29, 0.717) is 106 Å². The number of halogens is 1. The molecule has 6 aliphatic rings. The highest BCUT2D eigenvalue weighted by atomic mass is 19.1. The van der Waals surface area contributed by atoms with Gasteiger partial charge in [-0.15, -0.1) is 0 Å². The summed E-state index contributed by atoms with van der Waals surface area (Å²) in [4.78, 5) is 53.4. The minimum Gasteiger partial charge on any atom is -0.505 e. The van der Waals surface area contributed by atoms with E-state index >= 15 is 0 Å². The molecule has 14 heteroatoms. The Morgan fingerprint density at radius 3 is 2.61 bits per heavy atom. The molecule has 0 spiro atoms. The molecule has 3 aliphatic heterocycles. The SMILES string of the molecule is CCc1c(N2CCN(C(=O)c3ncc4c(c3O)CCO4)CC2)c(=O)c2oc(C3=CCOCC3)nc2n1CC(=O)NC12CC(F)(C1)C2. The number of amides is 2. The first-order valence-electron chi connectivity index (χ1n) is 15.9. The van der Waals surface area contributed by atoms with Crippen LogP contribution >= 0.6 is 0 Å². The lowest BCUT2D eigenvalue weighted by molar-refractivity contribution is -0.175. The van der Waals surface area contributed by atoms with Crippen molar-refractivity contribution in [2.75, 3.05) is 50.9 Å². The van der Waals surface area contributed by atoms with Gasteiger partial charge in [0.1, 0.15) is 23.7 Å². The maximum atomic E-state index is 14.2. The highest BCUT2D eigenvalue weighted by Crippen LogP contribution is 2.62. The lowest BCUT2D eigenvalue weighted by atomic mass is 9.47. The monoisotopic (exact) mass is 634 g/mol. The molecule has 242 valence electrons. The molecular weight excluding hydrogens is 599 g/mol. The number of alkyl halides is 1. The van der Waals surface area contributed by atoms with Crippen LogP contribution in [0.4, 0.5) is 10.1 Å². The number of aromatic nitrogens is 3. The summed E-state index contributed by atoms with van der Waals surface area (Å²) < 4.78 is 32.9. The number of oxazole rings is 1. The zero-order valence-electron chi connectivity index (χ0n) is 25.6. The van der Waals surface area contributed by atoms with Crippen molar-refractivity contribution in [1.82, 2.24) is 24.8 Å². The van der Waals surface area contributed by atoms with Crippen molar-refractivity contribution in [3.05, 3.63) is 45.3 Å². The van der Waals surface area contributed by atoms with Gasteiger partial charge in [-0.3, -0.25) is 14.4 Å². The molecule has 3 saturated carbocycles. The van der Waals surface area contributed by atoms with Crippen LogP contribution in [0.3, 0.4) is 0 Å². The van der Waals surface area contributed by atoms with Crippen molar-refractivity contribution in [1.29, 1.82) is 0 Å².